The molecule has 2 aromatic rings. The molecule has 5 rings (SSSR count). The molecule has 3 aliphatic rings. The van der Waals surface area contributed by atoms with E-state index in [1.807, 2.05) is 37.8 Å². The van der Waals surface area contributed by atoms with Gasteiger partial charge in [-0.05, 0) is 86.6 Å². The van der Waals surface area contributed by atoms with E-state index < -0.39 is 5.60 Å². The second-order valence-corrected chi connectivity index (χ2v) is 13.9. The lowest BCUT2D eigenvalue weighted by molar-refractivity contribution is -0.0782. The number of ether oxygens (including phenoxy) is 1. The van der Waals surface area contributed by atoms with Crippen molar-refractivity contribution in [2.45, 2.75) is 90.4 Å². The molecule has 1 amide bonds. The molecule has 0 bridgehead atoms. The lowest BCUT2D eigenvalue weighted by Gasteiger charge is -2.58. The number of carbonyl (C=O) groups excluding carboxylic acids is 1. The zero-order chi connectivity index (χ0) is 27.8. The van der Waals surface area contributed by atoms with E-state index in [2.05, 4.69) is 60.0 Å². The Labute approximate surface area is 240 Å². The molecule has 6 heteroatoms. The van der Waals surface area contributed by atoms with Crippen LogP contribution in [0.4, 0.5) is 4.79 Å². The van der Waals surface area contributed by atoms with Crippen LogP contribution in [0.1, 0.15) is 89.0 Å². The third-order valence-electron chi connectivity index (χ3n) is 9.08. The molecule has 1 spiro atoms. The third kappa shape index (κ3) is 6.64. The summed E-state index contributed by atoms with van der Waals surface area (Å²) in [4.78, 5) is 20.0. The molecule has 0 radical (unpaired) electrons. The smallest absolute Gasteiger partial charge is 0.410 e. The van der Waals surface area contributed by atoms with Gasteiger partial charge in [0, 0.05) is 56.4 Å². The van der Waals surface area contributed by atoms with Crippen LogP contribution in [-0.2, 0) is 11.3 Å². The molecule has 2 aliphatic heterocycles. The Hall–Kier alpha value is -2.08. The summed E-state index contributed by atoms with van der Waals surface area (Å²) in [5.41, 5.74) is 4.23. The van der Waals surface area contributed by atoms with Gasteiger partial charge in [0.1, 0.15) is 5.60 Å². The fourth-order valence-electron chi connectivity index (χ4n) is 6.97. The molecule has 2 aromatic carbocycles. The van der Waals surface area contributed by atoms with Gasteiger partial charge in [-0.2, -0.15) is 0 Å². The minimum atomic E-state index is -0.440. The second kappa shape index (κ2) is 11.4. The van der Waals surface area contributed by atoms with Crippen LogP contribution in [-0.4, -0.2) is 65.2 Å². The predicted molar refractivity (Wildman–Crippen MR) is 159 cm³/mol. The summed E-state index contributed by atoms with van der Waals surface area (Å²) in [5.74, 6) is 0.500. The van der Waals surface area contributed by atoms with Gasteiger partial charge >= 0.3 is 6.09 Å². The van der Waals surface area contributed by atoms with Crippen molar-refractivity contribution in [3.05, 3.63) is 70.2 Å². The third-order valence-corrected chi connectivity index (χ3v) is 9.34. The average Bonchev–Trinajstić information content (AvgIpc) is 2.88. The van der Waals surface area contributed by atoms with Crippen LogP contribution in [0.15, 0.2) is 48.5 Å². The molecule has 0 N–H and O–H groups in total. The highest BCUT2D eigenvalue weighted by Crippen LogP contribution is 2.53. The molecule has 2 heterocycles. The highest BCUT2D eigenvalue weighted by atomic mass is 35.5. The van der Waals surface area contributed by atoms with Crippen molar-refractivity contribution in [3.63, 3.8) is 0 Å². The van der Waals surface area contributed by atoms with Gasteiger partial charge in [0.05, 0.1) is 0 Å². The summed E-state index contributed by atoms with van der Waals surface area (Å²) in [6.07, 6.45) is 4.51. The first-order valence-corrected chi connectivity index (χ1v) is 15.2. The number of halogens is 1. The lowest BCUT2D eigenvalue weighted by Crippen LogP contribution is -2.60. The first-order chi connectivity index (χ1) is 18.5. The molecule has 1 atom stereocenters. The number of carbonyl (C=O) groups is 1. The van der Waals surface area contributed by atoms with Crippen LogP contribution < -0.4 is 0 Å². The second-order valence-electron chi connectivity index (χ2n) is 13.4. The van der Waals surface area contributed by atoms with Crippen molar-refractivity contribution >= 4 is 17.7 Å². The average molecular weight is 552 g/mol. The molecule has 0 aromatic heterocycles. The Morgan fingerprint density at radius 2 is 1.67 bits per heavy atom. The first kappa shape index (κ1) is 28.4. The van der Waals surface area contributed by atoms with Crippen LogP contribution >= 0.6 is 11.6 Å². The molecule has 5 nitrogen and oxygen atoms in total. The fourth-order valence-corrected chi connectivity index (χ4v) is 7.10. The minimum Gasteiger partial charge on any atom is -0.444 e. The Bertz CT molecular complexity index is 1130. The van der Waals surface area contributed by atoms with Gasteiger partial charge in [-0.25, -0.2) is 4.79 Å². The van der Waals surface area contributed by atoms with Gasteiger partial charge in [0.2, 0.25) is 0 Å². The van der Waals surface area contributed by atoms with Crippen LogP contribution in [0, 0.1) is 5.41 Å². The van der Waals surface area contributed by atoms with E-state index in [0.717, 1.165) is 57.1 Å². The van der Waals surface area contributed by atoms with Gasteiger partial charge in [0.15, 0.2) is 0 Å². The normalized spacial score (nSPS) is 22.7. The number of piperidine rings is 1. The number of likely N-dealkylation sites (tertiary alicyclic amines) is 1. The zero-order valence-corrected chi connectivity index (χ0v) is 25.2. The SMILES string of the molecule is CC(C)c1ccccc1[C@@H]1CN(Cc2ccc(Cl)cc2)CCN1C1CC2(CCN(C(=O)OC(C)(C)C)CC2)C1. The monoisotopic (exact) mass is 551 g/mol. The lowest BCUT2D eigenvalue weighted by atomic mass is 9.59. The number of piperazine rings is 1. The maximum atomic E-state index is 12.6. The number of rotatable bonds is 5. The number of hydrogen-bond donors (Lipinski definition) is 0. The Morgan fingerprint density at radius 1 is 1.00 bits per heavy atom. The van der Waals surface area contributed by atoms with Crippen molar-refractivity contribution in [1.29, 1.82) is 0 Å². The van der Waals surface area contributed by atoms with Crippen LogP contribution in [0.5, 0.6) is 0 Å². The van der Waals surface area contributed by atoms with Gasteiger partial charge in [-0.1, -0.05) is 61.8 Å². The van der Waals surface area contributed by atoms with Crippen molar-refractivity contribution in [2.24, 2.45) is 5.41 Å². The van der Waals surface area contributed by atoms with Crippen molar-refractivity contribution in [2.75, 3.05) is 32.7 Å². The summed E-state index contributed by atoms with van der Waals surface area (Å²) in [7, 11) is 0. The maximum absolute atomic E-state index is 12.6. The van der Waals surface area contributed by atoms with Gasteiger partial charge < -0.3 is 9.64 Å². The van der Waals surface area contributed by atoms with Crippen molar-refractivity contribution < 1.29 is 9.53 Å². The molecule has 1 aliphatic carbocycles. The molecule has 0 unspecified atom stereocenters. The molecule has 3 fully saturated rings. The van der Waals surface area contributed by atoms with E-state index in [4.69, 9.17) is 16.3 Å². The van der Waals surface area contributed by atoms with E-state index in [1.165, 1.54) is 29.5 Å². The van der Waals surface area contributed by atoms with Crippen molar-refractivity contribution in [3.8, 4) is 0 Å². The molecule has 2 saturated heterocycles. The predicted octanol–water partition coefficient (Wildman–Crippen LogP) is 7.50. The maximum Gasteiger partial charge on any atom is 0.410 e. The molecule has 1 saturated carbocycles. The number of nitrogens with zero attached hydrogens (tertiary/aromatic N) is 3. The van der Waals surface area contributed by atoms with Gasteiger partial charge in [-0.15, -0.1) is 0 Å². The number of hydrogen-bond acceptors (Lipinski definition) is 4. The van der Waals surface area contributed by atoms with Crippen LogP contribution in [0.2, 0.25) is 5.02 Å². The summed E-state index contributed by atoms with van der Waals surface area (Å²) < 4.78 is 5.63. The fraction of sp³-hybridized carbons (Fsp3) is 0.606. The number of benzene rings is 2. The van der Waals surface area contributed by atoms with E-state index in [9.17, 15) is 4.79 Å². The highest BCUT2D eigenvalue weighted by Gasteiger charge is 2.50. The molecule has 39 heavy (non-hydrogen) atoms. The highest BCUT2D eigenvalue weighted by molar-refractivity contribution is 6.30. The summed E-state index contributed by atoms with van der Waals surface area (Å²) in [6, 6.07) is 18.4. The zero-order valence-electron chi connectivity index (χ0n) is 24.5. The van der Waals surface area contributed by atoms with E-state index in [-0.39, 0.29) is 6.09 Å². The van der Waals surface area contributed by atoms with E-state index >= 15 is 0 Å². The minimum absolute atomic E-state index is 0.157. The molecule has 212 valence electrons. The van der Waals surface area contributed by atoms with Gasteiger partial charge in [-0.3, -0.25) is 9.80 Å². The summed E-state index contributed by atoms with van der Waals surface area (Å²) in [5, 5.41) is 0.795. The molecular formula is C33H46ClN3O2. The molecular weight excluding hydrogens is 506 g/mol. The summed E-state index contributed by atoms with van der Waals surface area (Å²) >= 11 is 6.15. The van der Waals surface area contributed by atoms with Crippen LogP contribution in [0.3, 0.4) is 0 Å². The topological polar surface area (TPSA) is 36.0 Å². The van der Waals surface area contributed by atoms with Crippen molar-refractivity contribution in [1.82, 2.24) is 14.7 Å². The number of amides is 1. The Balaban J connectivity index is 1.27. The van der Waals surface area contributed by atoms with Crippen LogP contribution in [0.25, 0.3) is 0 Å². The standard InChI is InChI=1S/C33H46ClN3O2/c1-24(2)28-8-6-7-9-29(28)30-23-35(22-25-10-12-26(34)13-11-25)18-19-37(30)27-20-33(21-27)14-16-36(17-15-33)31(38)39-32(3,4)5/h6-13,24,27,30H,14-23H2,1-5H3/t30-/m0/s1. The largest absolute Gasteiger partial charge is 0.444 e. The Kier molecular flexibility index (Phi) is 8.33. The van der Waals surface area contributed by atoms with E-state index in [0.29, 0.717) is 23.4 Å². The summed E-state index contributed by atoms with van der Waals surface area (Å²) in [6.45, 7) is 16.3. The quantitative estimate of drug-likeness (QED) is 0.385. The van der Waals surface area contributed by atoms with E-state index in [1.54, 1.807) is 0 Å². The Morgan fingerprint density at radius 3 is 2.31 bits per heavy atom. The first-order valence-electron chi connectivity index (χ1n) is 14.8. The van der Waals surface area contributed by atoms with Gasteiger partial charge in [0.25, 0.3) is 0 Å².